The molecule has 0 spiro atoms. The summed E-state index contributed by atoms with van der Waals surface area (Å²) in [4.78, 5) is 12.5. The Morgan fingerprint density at radius 3 is 2.68 bits per heavy atom. The predicted octanol–water partition coefficient (Wildman–Crippen LogP) is 2.75. The molecule has 1 aliphatic heterocycles. The van der Waals surface area contributed by atoms with Gasteiger partial charge in [-0.15, -0.1) is 0 Å². The minimum absolute atomic E-state index is 0.0487. The summed E-state index contributed by atoms with van der Waals surface area (Å²) in [6.45, 7) is 7.88. The molecule has 106 valence electrons. The molecule has 2 heterocycles. The molecule has 1 fully saturated rings. The summed E-state index contributed by atoms with van der Waals surface area (Å²) >= 11 is 4.24. The van der Waals surface area contributed by atoms with Crippen LogP contribution < -0.4 is 5.56 Å². The first-order valence-corrected chi connectivity index (χ1v) is 7.52. The van der Waals surface area contributed by atoms with E-state index in [-0.39, 0.29) is 17.1 Å². The van der Waals surface area contributed by atoms with E-state index in [0.29, 0.717) is 12.3 Å². The van der Waals surface area contributed by atoms with Gasteiger partial charge in [-0.1, -0.05) is 26.8 Å². The van der Waals surface area contributed by atoms with Crippen LogP contribution in [0.5, 0.6) is 0 Å². The summed E-state index contributed by atoms with van der Waals surface area (Å²) in [5.74, 6) is 0.481. The standard InChI is InChI=1S/C15H23NO2S/c1-15(2,3)13-7-6-11(10-19)14(17)16(13)9-12-5-4-8-18-12/h6-7,12,19H,4-5,8-10H2,1-3H3. The Morgan fingerprint density at radius 2 is 2.16 bits per heavy atom. The Morgan fingerprint density at radius 1 is 1.42 bits per heavy atom. The molecule has 0 amide bonds. The topological polar surface area (TPSA) is 31.2 Å². The smallest absolute Gasteiger partial charge is 0.254 e. The number of rotatable bonds is 3. The number of ether oxygens (including phenoxy) is 1. The number of hydrogen-bond donors (Lipinski definition) is 1. The Bertz CT molecular complexity index is 496. The summed E-state index contributed by atoms with van der Waals surface area (Å²) in [6, 6.07) is 3.96. The van der Waals surface area contributed by atoms with Crippen molar-refractivity contribution in [1.82, 2.24) is 4.57 Å². The molecule has 1 unspecified atom stereocenters. The lowest BCUT2D eigenvalue weighted by molar-refractivity contribution is 0.0946. The molecular formula is C15H23NO2S. The maximum absolute atomic E-state index is 12.5. The third-order valence-electron chi connectivity index (χ3n) is 3.60. The van der Waals surface area contributed by atoms with Crippen LogP contribution in [0.25, 0.3) is 0 Å². The van der Waals surface area contributed by atoms with Crippen LogP contribution >= 0.6 is 12.6 Å². The minimum Gasteiger partial charge on any atom is -0.376 e. The van der Waals surface area contributed by atoms with Crippen molar-refractivity contribution in [2.24, 2.45) is 0 Å². The maximum Gasteiger partial charge on any atom is 0.254 e. The SMILES string of the molecule is CC(C)(C)c1ccc(CS)c(=O)n1CC1CCCO1. The van der Waals surface area contributed by atoms with E-state index >= 15 is 0 Å². The van der Waals surface area contributed by atoms with Crippen LogP contribution in [0, 0.1) is 0 Å². The van der Waals surface area contributed by atoms with E-state index in [2.05, 4.69) is 39.5 Å². The number of nitrogens with zero attached hydrogens (tertiary/aromatic N) is 1. The van der Waals surface area contributed by atoms with Crippen molar-refractivity contribution in [1.29, 1.82) is 0 Å². The van der Waals surface area contributed by atoms with Gasteiger partial charge in [0.15, 0.2) is 0 Å². The fourth-order valence-corrected chi connectivity index (χ4v) is 2.81. The Kier molecular flexibility index (Phi) is 4.41. The largest absolute Gasteiger partial charge is 0.376 e. The highest BCUT2D eigenvalue weighted by Gasteiger charge is 2.23. The van der Waals surface area contributed by atoms with Gasteiger partial charge in [0.2, 0.25) is 0 Å². The van der Waals surface area contributed by atoms with E-state index in [1.807, 2.05) is 10.6 Å². The second-order valence-corrected chi connectivity index (χ2v) is 6.52. The summed E-state index contributed by atoms with van der Waals surface area (Å²) in [7, 11) is 0. The summed E-state index contributed by atoms with van der Waals surface area (Å²) < 4.78 is 7.56. The normalized spacial score (nSPS) is 19.9. The summed E-state index contributed by atoms with van der Waals surface area (Å²) in [6.07, 6.45) is 2.31. The third-order valence-corrected chi connectivity index (χ3v) is 3.94. The lowest BCUT2D eigenvalue weighted by Gasteiger charge is -2.26. The summed E-state index contributed by atoms with van der Waals surface area (Å²) in [5, 5.41) is 0. The molecular weight excluding hydrogens is 258 g/mol. The van der Waals surface area contributed by atoms with Crippen LogP contribution in [0.1, 0.15) is 44.9 Å². The van der Waals surface area contributed by atoms with Crippen LogP contribution in [0.2, 0.25) is 0 Å². The van der Waals surface area contributed by atoms with Gasteiger partial charge in [0, 0.05) is 29.0 Å². The first-order chi connectivity index (χ1) is 8.93. The molecule has 0 radical (unpaired) electrons. The van der Waals surface area contributed by atoms with Crippen molar-refractivity contribution >= 4 is 12.6 Å². The lowest BCUT2D eigenvalue weighted by Crippen LogP contribution is -2.34. The van der Waals surface area contributed by atoms with Crippen LogP contribution in [0.4, 0.5) is 0 Å². The van der Waals surface area contributed by atoms with Crippen LogP contribution in [-0.2, 0) is 22.4 Å². The molecule has 4 heteroatoms. The second-order valence-electron chi connectivity index (χ2n) is 6.20. The van der Waals surface area contributed by atoms with Gasteiger partial charge in [0.05, 0.1) is 12.6 Å². The molecule has 1 atom stereocenters. The number of hydrogen-bond acceptors (Lipinski definition) is 3. The van der Waals surface area contributed by atoms with Crippen LogP contribution in [0.3, 0.4) is 0 Å². The van der Waals surface area contributed by atoms with E-state index in [9.17, 15) is 4.79 Å². The Hall–Kier alpha value is -0.740. The van der Waals surface area contributed by atoms with Gasteiger partial charge in [-0.25, -0.2) is 0 Å². The van der Waals surface area contributed by atoms with Gasteiger partial charge in [0.25, 0.3) is 5.56 Å². The highest BCUT2D eigenvalue weighted by molar-refractivity contribution is 7.79. The molecule has 0 saturated carbocycles. The van der Waals surface area contributed by atoms with Gasteiger partial charge in [-0.2, -0.15) is 12.6 Å². The van der Waals surface area contributed by atoms with Crippen molar-refractivity contribution in [3.8, 4) is 0 Å². The van der Waals surface area contributed by atoms with Gasteiger partial charge >= 0.3 is 0 Å². The molecule has 0 N–H and O–H groups in total. The molecule has 0 aromatic carbocycles. The molecule has 1 saturated heterocycles. The van der Waals surface area contributed by atoms with Crippen molar-refractivity contribution in [2.75, 3.05) is 6.61 Å². The van der Waals surface area contributed by atoms with Gasteiger partial charge < -0.3 is 9.30 Å². The van der Waals surface area contributed by atoms with Crippen LogP contribution in [-0.4, -0.2) is 17.3 Å². The van der Waals surface area contributed by atoms with E-state index in [4.69, 9.17) is 4.74 Å². The molecule has 0 bridgehead atoms. The monoisotopic (exact) mass is 281 g/mol. The van der Waals surface area contributed by atoms with Gasteiger partial charge in [0.1, 0.15) is 0 Å². The first kappa shape index (κ1) is 14.7. The Balaban J connectivity index is 2.43. The number of aromatic nitrogens is 1. The Labute approximate surface area is 120 Å². The van der Waals surface area contributed by atoms with Crippen molar-refractivity contribution in [3.05, 3.63) is 33.7 Å². The number of pyridine rings is 1. The first-order valence-electron chi connectivity index (χ1n) is 6.89. The number of thiol groups is 1. The minimum atomic E-state index is -0.0487. The van der Waals surface area contributed by atoms with Gasteiger partial charge in [-0.3, -0.25) is 4.79 Å². The molecule has 2 rings (SSSR count). The maximum atomic E-state index is 12.5. The fourth-order valence-electron chi connectivity index (χ4n) is 2.57. The third kappa shape index (κ3) is 3.23. The predicted molar refractivity (Wildman–Crippen MR) is 81.1 cm³/mol. The molecule has 1 aromatic rings. The molecule has 0 aliphatic carbocycles. The molecule has 3 nitrogen and oxygen atoms in total. The average Bonchev–Trinajstić information content (AvgIpc) is 2.83. The zero-order chi connectivity index (χ0) is 14.0. The highest BCUT2D eigenvalue weighted by Crippen LogP contribution is 2.23. The summed E-state index contributed by atoms with van der Waals surface area (Å²) in [5.41, 5.74) is 1.86. The van der Waals surface area contributed by atoms with E-state index < -0.39 is 0 Å². The van der Waals surface area contributed by atoms with E-state index in [1.54, 1.807) is 0 Å². The van der Waals surface area contributed by atoms with Crippen molar-refractivity contribution in [2.45, 2.75) is 57.4 Å². The van der Waals surface area contributed by atoms with E-state index in [1.165, 1.54) is 0 Å². The van der Waals surface area contributed by atoms with Crippen molar-refractivity contribution in [3.63, 3.8) is 0 Å². The lowest BCUT2D eigenvalue weighted by atomic mass is 9.90. The molecule has 1 aliphatic rings. The zero-order valence-corrected chi connectivity index (χ0v) is 12.9. The molecule has 1 aromatic heterocycles. The van der Waals surface area contributed by atoms with Crippen LogP contribution in [0.15, 0.2) is 16.9 Å². The quantitative estimate of drug-likeness (QED) is 0.864. The average molecular weight is 281 g/mol. The molecule has 19 heavy (non-hydrogen) atoms. The fraction of sp³-hybridized carbons (Fsp3) is 0.667. The van der Waals surface area contributed by atoms with E-state index in [0.717, 1.165) is 30.7 Å². The zero-order valence-electron chi connectivity index (χ0n) is 12.0. The van der Waals surface area contributed by atoms with Gasteiger partial charge in [-0.05, 0) is 18.9 Å². The second kappa shape index (κ2) is 5.71. The van der Waals surface area contributed by atoms with Crippen molar-refractivity contribution < 1.29 is 4.74 Å². The highest BCUT2D eigenvalue weighted by atomic mass is 32.1.